The number of nitrogens with one attached hydrogen (secondary N) is 1. The second-order valence-corrected chi connectivity index (χ2v) is 6.56. The van der Waals surface area contributed by atoms with Crippen LogP contribution in [-0.2, 0) is 6.42 Å². The van der Waals surface area contributed by atoms with Gasteiger partial charge in [0.2, 0.25) is 0 Å². The summed E-state index contributed by atoms with van der Waals surface area (Å²) >= 11 is 0. The molecule has 16 heavy (non-hydrogen) atoms. The molecule has 84 valence electrons. The van der Waals surface area contributed by atoms with Gasteiger partial charge in [0.05, 0.1) is 0 Å². The second kappa shape index (κ2) is 6.37. The molecule has 1 aliphatic heterocycles. The molecule has 1 unspecified atom stereocenters. The van der Waals surface area contributed by atoms with Crippen LogP contribution in [0.15, 0.2) is 33.3 Å². The molecule has 1 aliphatic rings. The highest BCUT2D eigenvalue weighted by molar-refractivity contribution is 7.64. The predicted octanol–water partition coefficient (Wildman–Crippen LogP) is 4.94. The fourth-order valence-corrected chi connectivity index (χ4v) is 4.19. The highest BCUT2D eigenvalue weighted by Crippen LogP contribution is 2.44. The zero-order valence-electron chi connectivity index (χ0n) is 8.87. The van der Waals surface area contributed by atoms with Crippen LogP contribution in [0.25, 0.3) is 0 Å². The number of benzene rings is 1. The minimum absolute atomic E-state index is 0.761. The molecule has 0 spiro atoms. The van der Waals surface area contributed by atoms with Crippen molar-refractivity contribution in [2.45, 2.75) is 19.8 Å². The zero-order chi connectivity index (χ0) is 11.2. The summed E-state index contributed by atoms with van der Waals surface area (Å²) in [6.45, 7) is 2.18. The molecule has 0 aliphatic carbocycles. The van der Waals surface area contributed by atoms with E-state index >= 15 is 0 Å². The van der Waals surface area contributed by atoms with Crippen LogP contribution in [0.1, 0.15) is 18.9 Å². The van der Waals surface area contributed by atoms with Crippen molar-refractivity contribution in [1.29, 1.82) is 0 Å². The average molecular weight is 271 g/mol. The van der Waals surface area contributed by atoms with Gasteiger partial charge in [-0.2, -0.15) is 13.9 Å². The summed E-state index contributed by atoms with van der Waals surface area (Å²) in [5, 5.41) is 0. The van der Waals surface area contributed by atoms with Crippen molar-refractivity contribution in [2.75, 3.05) is 0 Å². The van der Waals surface area contributed by atoms with E-state index in [-0.39, 0.29) is 0 Å². The number of nitrogens with zero attached hydrogens (tertiary/aromatic N) is 2. The lowest BCUT2D eigenvalue weighted by Gasteiger charge is -2.12. The summed E-state index contributed by atoms with van der Waals surface area (Å²) in [6, 6.07) is 8.23. The van der Waals surface area contributed by atoms with Gasteiger partial charge in [0.15, 0.2) is 8.52 Å². The minimum atomic E-state index is -0.909. The maximum atomic E-state index is 5.70. The van der Waals surface area contributed by atoms with Gasteiger partial charge in [0.25, 0.3) is 0 Å². The van der Waals surface area contributed by atoms with Gasteiger partial charge in [-0.3, -0.25) is 0 Å². The Balaban J connectivity index is 1.94. The van der Waals surface area contributed by atoms with Crippen molar-refractivity contribution in [3.05, 3.63) is 29.8 Å². The van der Waals surface area contributed by atoms with Crippen LogP contribution in [-0.4, -0.2) is 0 Å². The summed E-state index contributed by atoms with van der Waals surface area (Å²) in [7, 11) is 0.708. The predicted molar refractivity (Wildman–Crippen MR) is 69.8 cm³/mol. The normalized spacial score (nSPS) is 20.7. The van der Waals surface area contributed by atoms with Gasteiger partial charge in [0, 0.05) is 0 Å². The lowest BCUT2D eigenvalue weighted by Crippen LogP contribution is -1.96. The average Bonchev–Trinajstić information content (AvgIpc) is 2.33. The molecule has 1 aromatic carbocycles. The summed E-state index contributed by atoms with van der Waals surface area (Å²) in [5.41, 5.74) is 1.35. The van der Waals surface area contributed by atoms with E-state index in [0.29, 0.717) is 0 Å². The van der Waals surface area contributed by atoms with Crippen molar-refractivity contribution >= 4 is 25.5 Å². The highest BCUT2D eigenvalue weighted by atomic mass is 31.2. The maximum Gasteiger partial charge on any atom is 0.311 e. The Morgan fingerprint density at radius 1 is 1.38 bits per heavy atom. The molecular weight excluding hydrogens is 259 g/mol. The molecule has 0 aromatic heterocycles. The topological polar surface area (TPSA) is 46.0 Å². The van der Waals surface area contributed by atoms with Crippen LogP contribution < -0.4 is 9.38 Å². The minimum Gasteiger partial charge on any atom is -0.439 e. The molecule has 1 atom stereocenters. The fourth-order valence-electron chi connectivity index (χ4n) is 1.30. The molecule has 2 rings (SSSR count). The molecule has 1 heterocycles. The van der Waals surface area contributed by atoms with Gasteiger partial charge in [-0.1, -0.05) is 25.5 Å². The largest absolute Gasteiger partial charge is 0.439 e. The summed E-state index contributed by atoms with van der Waals surface area (Å²) in [4.78, 5) is 3.08. The van der Waals surface area contributed by atoms with Crippen LogP contribution in [0.5, 0.6) is 5.75 Å². The SMILES string of the molecule is CCCc1ccc(OP2N=PN=PN2)cc1. The number of aryl methyl sites for hydroxylation is 1. The van der Waals surface area contributed by atoms with Crippen LogP contribution in [0.4, 0.5) is 0 Å². The Morgan fingerprint density at radius 3 is 2.81 bits per heavy atom. The van der Waals surface area contributed by atoms with Gasteiger partial charge in [0.1, 0.15) is 14.3 Å². The Hall–Kier alpha value is -0.390. The molecule has 1 aromatic rings. The van der Waals surface area contributed by atoms with Gasteiger partial charge < -0.3 is 4.52 Å². The first-order valence-electron chi connectivity index (χ1n) is 5.02. The molecular formula is C9H12N3OP3. The molecule has 1 N–H and O–H groups in total. The number of hydrogen-bond acceptors (Lipinski definition) is 4. The van der Waals surface area contributed by atoms with Crippen molar-refractivity contribution in [1.82, 2.24) is 4.86 Å². The van der Waals surface area contributed by atoms with Crippen molar-refractivity contribution in [2.24, 2.45) is 9.03 Å². The summed E-state index contributed by atoms with van der Waals surface area (Å²) < 4.78 is 13.9. The Bertz CT molecular complexity index is 393. The Labute approximate surface area is 99.6 Å². The highest BCUT2D eigenvalue weighted by Gasteiger charge is 2.10. The molecule has 0 radical (unpaired) electrons. The first kappa shape index (κ1) is 12.1. The van der Waals surface area contributed by atoms with E-state index in [4.69, 9.17) is 4.52 Å². The third kappa shape index (κ3) is 3.57. The number of hydrogen-bond donors (Lipinski definition) is 1. The third-order valence-electron chi connectivity index (χ3n) is 1.99. The van der Waals surface area contributed by atoms with Crippen molar-refractivity contribution in [3.63, 3.8) is 0 Å². The van der Waals surface area contributed by atoms with Gasteiger partial charge in [-0.25, -0.2) is 0 Å². The second-order valence-electron chi connectivity index (χ2n) is 3.23. The van der Waals surface area contributed by atoms with Crippen molar-refractivity contribution < 1.29 is 4.52 Å². The van der Waals surface area contributed by atoms with Crippen LogP contribution in [0, 0.1) is 0 Å². The quantitative estimate of drug-likeness (QED) is 0.788. The van der Waals surface area contributed by atoms with E-state index in [1.54, 1.807) is 0 Å². The third-order valence-corrected chi connectivity index (χ3v) is 5.06. The molecule has 4 nitrogen and oxygen atoms in total. The summed E-state index contributed by atoms with van der Waals surface area (Å²) in [5.74, 6) is 0.870. The van der Waals surface area contributed by atoms with E-state index < -0.39 is 8.45 Å². The summed E-state index contributed by atoms with van der Waals surface area (Å²) in [6.07, 6.45) is 2.29. The van der Waals surface area contributed by atoms with Gasteiger partial charge in [-0.15, -0.1) is 0 Å². The van der Waals surface area contributed by atoms with Crippen LogP contribution >= 0.6 is 25.5 Å². The first-order chi connectivity index (χ1) is 7.88. The standard InChI is InChI=1S/C9H12N3OP3/c1-2-3-8-4-6-9(7-5-8)13-16-11-14-10-15-12-16/h4-7H,2-3H2,1H3,(H,10,11,12). The molecule has 0 amide bonds. The van der Waals surface area contributed by atoms with Gasteiger partial charge >= 0.3 is 8.45 Å². The van der Waals surface area contributed by atoms with E-state index in [1.807, 2.05) is 12.1 Å². The fraction of sp³-hybridized carbons (Fsp3) is 0.333. The molecule has 0 bridgehead atoms. The van der Waals surface area contributed by atoms with Crippen molar-refractivity contribution in [3.8, 4) is 5.75 Å². The zero-order valence-corrected chi connectivity index (χ0v) is 11.6. The smallest absolute Gasteiger partial charge is 0.311 e. The van der Waals surface area contributed by atoms with E-state index in [9.17, 15) is 0 Å². The lowest BCUT2D eigenvalue weighted by molar-refractivity contribution is 0.611. The molecule has 7 heteroatoms. The monoisotopic (exact) mass is 271 g/mol. The molecule has 0 saturated carbocycles. The van der Waals surface area contributed by atoms with E-state index in [2.05, 4.69) is 32.9 Å². The molecule has 0 fully saturated rings. The van der Waals surface area contributed by atoms with Crippen LogP contribution in [0.2, 0.25) is 0 Å². The lowest BCUT2D eigenvalue weighted by atomic mass is 10.1. The van der Waals surface area contributed by atoms with E-state index in [1.165, 1.54) is 12.0 Å². The molecule has 0 saturated heterocycles. The maximum absolute atomic E-state index is 5.70. The number of rotatable bonds is 4. The Morgan fingerprint density at radius 2 is 2.19 bits per heavy atom. The van der Waals surface area contributed by atoms with Gasteiger partial charge in [-0.05, 0) is 24.1 Å². The van der Waals surface area contributed by atoms with E-state index in [0.717, 1.165) is 29.2 Å². The first-order valence-corrected chi connectivity index (χ1v) is 7.88. The van der Waals surface area contributed by atoms with Crippen LogP contribution in [0.3, 0.4) is 0 Å². The Kier molecular flexibility index (Phi) is 4.81.